The second-order valence-corrected chi connectivity index (χ2v) is 6.21. The van der Waals surface area contributed by atoms with E-state index in [9.17, 15) is 0 Å². The summed E-state index contributed by atoms with van der Waals surface area (Å²) in [6.07, 6.45) is 2.11. The van der Waals surface area contributed by atoms with E-state index in [2.05, 4.69) is 57.1 Å². The van der Waals surface area contributed by atoms with Crippen LogP contribution in [-0.2, 0) is 33.0 Å². The van der Waals surface area contributed by atoms with Crippen LogP contribution in [0.5, 0.6) is 0 Å². The molecule has 3 nitrogen and oxygen atoms in total. The Morgan fingerprint density at radius 3 is 2.70 bits per heavy atom. The normalized spacial score (nSPS) is 15.3. The van der Waals surface area contributed by atoms with E-state index >= 15 is 0 Å². The molecule has 3 rings (SSSR count). The second-order valence-electron chi connectivity index (χ2n) is 5.41. The van der Waals surface area contributed by atoms with Gasteiger partial charge in [0.1, 0.15) is 0 Å². The highest BCUT2D eigenvalue weighted by atomic mass is 79.9. The Balaban J connectivity index is 1.79. The van der Waals surface area contributed by atoms with Crippen LogP contribution < -0.4 is 0 Å². The summed E-state index contributed by atoms with van der Waals surface area (Å²) in [6.45, 7) is 5.26. The number of aryl methyl sites for hydroxylation is 2. The van der Waals surface area contributed by atoms with Crippen LogP contribution in [0.3, 0.4) is 0 Å². The van der Waals surface area contributed by atoms with Crippen LogP contribution in [0.25, 0.3) is 0 Å². The van der Waals surface area contributed by atoms with Gasteiger partial charge in [0.2, 0.25) is 0 Å². The van der Waals surface area contributed by atoms with Crippen LogP contribution in [0.15, 0.2) is 28.7 Å². The number of halogens is 1. The fourth-order valence-corrected chi connectivity index (χ4v) is 3.63. The molecule has 0 fully saturated rings. The summed E-state index contributed by atoms with van der Waals surface area (Å²) in [5, 5.41) is 4.58. The molecule has 1 aliphatic heterocycles. The molecule has 0 radical (unpaired) electrons. The van der Waals surface area contributed by atoms with Gasteiger partial charge in [0.05, 0.1) is 15.9 Å². The Bertz CT molecular complexity index is 618. The van der Waals surface area contributed by atoms with E-state index in [1.165, 1.54) is 21.3 Å². The summed E-state index contributed by atoms with van der Waals surface area (Å²) in [5.41, 5.74) is 5.40. The van der Waals surface area contributed by atoms with Crippen molar-refractivity contribution in [1.29, 1.82) is 0 Å². The van der Waals surface area contributed by atoms with Gasteiger partial charge < -0.3 is 0 Å². The lowest BCUT2D eigenvalue weighted by atomic mass is 10.00. The van der Waals surface area contributed by atoms with E-state index in [4.69, 9.17) is 0 Å². The first-order valence-corrected chi connectivity index (χ1v) is 7.97. The first kappa shape index (κ1) is 13.8. The molecule has 0 saturated carbocycles. The Morgan fingerprint density at radius 1 is 1.25 bits per heavy atom. The molecule has 0 unspecified atom stereocenters. The molecule has 0 atom stereocenters. The minimum Gasteiger partial charge on any atom is -0.293 e. The van der Waals surface area contributed by atoms with Crippen molar-refractivity contribution in [2.45, 2.75) is 32.9 Å². The number of benzene rings is 1. The Hall–Kier alpha value is -1.13. The smallest absolute Gasteiger partial charge is 0.0767 e. The van der Waals surface area contributed by atoms with Gasteiger partial charge in [-0.05, 0) is 39.9 Å². The molecule has 106 valence electrons. The largest absolute Gasteiger partial charge is 0.293 e. The second kappa shape index (κ2) is 5.70. The number of hydrogen-bond donors (Lipinski definition) is 0. The number of fused-ring (bicyclic) bond motifs is 1. The molecule has 0 bridgehead atoms. The van der Waals surface area contributed by atoms with Crippen molar-refractivity contribution in [1.82, 2.24) is 14.7 Å². The lowest BCUT2D eigenvalue weighted by molar-refractivity contribution is 0.238. The maximum Gasteiger partial charge on any atom is 0.0767 e. The Labute approximate surface area is 128 Å². The molecule has 1 aromatic carbocycles. The standard InChI is InChI=1S/C16H20BrN3/c1-3-14-16(17)15(19(2)18-14)11-20-9-8-12-6-4-5-7-13(12)10-20/h4-7H,3,8-11H2,1-2H3. The highest BCUT2D eigenvalue weighted by Crippen LogP contribution is 2.25. The maximum absolute atomic E-state index is 4.58. The quantitative estimate of drug-likeness (QED) is 0.859. The van der Waals surface area contributed by atoms with E-state index in [-0.39, 0.29) is 0 Å². The lowest BCUT2D eigenvalue weighted by Crippen LogP contribution is -2.30. The Kier molecular flexibility index (Phi) is 3.94. The number of nitrogens with zero attached hydrogens (tertiary/aromatic N) is 3. The molecule has 2 heterocycles. The molecule has 4 heteroatoms. The van der Waals surface area contributed by atoms with Gasteiger partial charge in [-0.25, -0.2) is 0 Å². The molecule has 0 saturated heterocycles. The van der Waals surface area contributed by atoms with Crippen molar-refractivity contribution in [3.05, 3.63) is 51.3 Å². The predicted molar refractivity (Wildman–Crippen MR) is 84.5 cm³/mol. The van der Waals surface area contributed by atoms with E-state index in [0.29, 0.717) is 0 Å². The summed E-state index contributed by atoms with van der Waals surface area (Å²) in [4.78, 5) is 2.50. The number of hydrogen-bond acceptors (Lipinski definition) is 2. The molecule has 0 N–H and O–H groups in total. The van der Waals surface area contributed by atoms with Crippen molar-refractivity contribution in [2.24, 2.45) is 7.05 Å². The maximum atomic E-state index is 4.58. The highest BCUT2D eigenvalue weighted by Gasteiger charge is 2.19. The van der Waals surface area contributed by atoms with Crippen LogP contribution in [0.2, 0.25) is 0 Å². The van der Waals surface area contributed by atoms with Crippen LogP contribution in [0.4, 0.5) is 0 Å². The highest BCUT2D eigenvalue weighted by molar-refractivity contribution is 9.10. The van der Waals surface area contributed by atoms with Gasteiger partial charge in [-0.1, -0.05) is 31.2 Å². The third kappa shape index (κ3) is 2.54. The predicted octanol–water partition coefficient (Wildman–Crippen LogP) is 3.30. The Morgan fingerprint density at radius 2 is 2.00 bits per heavy atom. The molecule has 1 aliphatic rings. The molecular weight excluding hydrogens is 314 g/mol. The zero-order valence-electron chi connectivity index (χ0n) is 12.1. The molecule has 2 aromatic rings. The van der Waals surface area contributed by atoms with Gasteiger partial charge in [0.15, 0.2) is 0 Å². The first-order chi connectivity index (χ1) is 9.69. The summed E-state index contributed by atoms with van der Waals surface area (Å²) in [5.74, 6) is 0. The lowest BCUT2D eigenvalue weighted by Gasteiger charge is -2.28. The monoisotopic (exact) mass is 333 g/mol. The minimum atomic E-state index is 0.957. The van der Waals surface area contributed by atoms with Crippen molar-refractivity contribution < 1.29 is 0 Å². The van der Waals surface area contributed by atoms with Crippen LogP contribution in [0.1, 0.15) is 29.4 Å². The van der Waals surface area contributed by atoms with Gasteiger partial charge >= 0.3 is 0 Å². The number of rotatable bonds is 3. The summed E-state index contributed by atoms with van der Waals surface area (Å²) < 4.78 is 3.20. The van der Waals surface area contributed by atoms with E-state index in [1.54, 1.807) is 0 Å². The minimum absolute atomic E-state index is 0.957. The van der Waals surface area contributed by atoms with Crippen molar-refractivity contribution >= 4 is 15.9 Å². The van der Waals surface area contributed by atoms with Crippen molar-refractivity contribution in [3.8, 4) is 0 Å². The molecule has 0 spiro atoms. The molecule has 0 aliphatic carbocycles. The van der Waals surface area contributed by atoms with Gasteiger partial charge in [0.25, 0.3) is 0 Å². The zero-order chi connectivity index (χ0) is 14.1. The zero-order valence-corrected chi connectivity index (χ0v) is 13.7. The van der Waals surface area contributed by atoms with E-state index in [1.807, 2.05) is 11.7 Å². The first-order valence-electron chi connectivity index (χ1n) is 7.18. The molecule has 20 heavy (non-hydrogen) atoms. The van der Waals surface area contributed by atoms with Crippen LogP contribution >= 0.6 is 15.9 Å². The van der Waals surface area contributed by atoms with Gasteiger partial charge in [-0.2, -0.15) is 5.10 Å². The van der Waals surface area contributed by atoms with E-state index < -0.39 is 0 Å². The van der Waals surface area contributed by atoms with Gasteiger partial charge in [-0.3, -0.25) is 9.58 Å². The molecule has 0 amide bonds. The van der Waals surface area contributed by atoms with Crippen molar-refractivity contribution in [2.75, 3.05) is 6.54 Å². The van der Waals surface area contributed by atoms with E-state index in [0.717, 1.165) is 38.2 Å². The molecule has 1 aromatic heterocycles. The summed E-state index contributed by atoms with van der Waals surface area (Å²) >= 11 is 3.71. The summed E-state index contributed by atoms with van der Waals surface area (Å²) in [6, 6.07) is 8.77. The van der Waals surface area contributed by atoms with Gasteiger partial charge in [0, 0.05) is 26.7 Å². The summed E-state index contributed by atoms with van der Waals surface area (Å²) in [7, 11) is 2.04. The third-order valence-corrected chi connectivity index (χ3v) is 5.00. The molecular formula is C16H20BrN3. The SMILES string of the molecule is CCc1nn(C)c(CN2CCc3ccccc3C2)c1Br. The average Bonchev–Trinajstić information content (AvgIpc) is 2.74. The number of aromatic nitrogens is 2. The van der Waals surface area contributed by atoms with Gasteiger partial charge in [-0.15, -0.1) is 0 Å². The van der Waals surface area contributed by atoms with Crippen molar-refractivity contribution in [3.63, 3.8) is 0 Å². The average molecular weight is 334 g/mol. The fraction of sp³-hybridized carbons (Fsp3) is 0.438. The van der Waals surface area contributed by atoms with Crippen LogP contribution in [0, 0.1) is 0 Å². The fourth-order valence-electron chi connectivity index (χ4n) is 2.89. The third-order valence-electron chi connectivity index (χ3n) is 4.09. The van der Waals surface area contributed by atoms with Crippen LogP contribution in [-0.4, -0.2) is 21.2 Å². The topological polar surface area (TPSA) is 21.1 Å².